The maximum Gasteiger partial charge on any atom is 0.273 e. The van der Waals surface area contributed by atoms with Gasteiger partial charge in [-0.2, -0.15) is 0 Å². The van der Waals surface area contributed by atoms with Gasteiger partial charge in [-0.3, -0.25) is 9.59 Å². The summed E-state index contributed by atoms with van der Waals surface area (Å²) in [6.07, 6.45) is 1.78. The molecule has 0 aliphatic carbocycles. The number of piperidine rings is 1. The Hall–Kier alpha value is -2.41. The van der Waals surface area contributed by atoms with Crippen molar-refractivity contribution in [1.29, 1.82) is 0 Å². The lowest BCUT2D eigenvalue weighted by atomic mass is 10.1. The van der Waals surface area contributed by atoms with E-state index >= 15 is 0 Å². The normalized spacial score (nSPS) is 17.0. The molecule has 7 heteroatoms. The third kappa shape index (κ3) is 4.40. The second kappa shape index (κ2) is 8.31. The lowest BCUT2D eigenvalue weighted by molar-refractivity contribution is -0.120. The van der Waals surface area contributed by atoms with Crippen molar-refractivity contribution >= 4 is 23.2 Å². The fourth-order valence-electron chi connectivity index (χ4n) is 3.09. The summed E-state index contributed by atoms with van der Waals surface area (Å²) in [5.74, 6) is 0.686. The minimum absolute atomic E-state index is 0.0226. The van der Waals surface area contributed by atoms with Crippen LogP contribution in [0.2, 0.25) is 0 Å². The van der Waals surface area contributed by atoms with Gasteiger partial charge in [-0.1, -0.05) is 0 Å². The number of thiazole rings is 1. The van der Waals surface area contributed by atoms with Crippen molar-refractivity contribution in [3.05, 3.63) is 35.3 Å². The molecule has 2 heterocycles. The smallest absolute Gasteiger partial charge is 0.273 e. The first-order valence-electron chi connectivity index (χ1n) is 8.82. The molecule has 2 amide bonds. The molecule has 2 aromatic rings. The van der Waals surface area contributed by atoms with Crippen LogP contribution < -0.4 is 10.1 Å². The minimum atomic E-state index is -0.0755. The number of rotatable bonds is 5. The highest BCUT2D eigenvalue weighted by Gasteiger charge is 2.26. The number of nitrogens with zero attached hydrogens (tertiary/aromatic N) is 2. The SMILES string of the molecule is CCOc1ccc(-c2nc(C(=O)N3CCCC(NC(C)=O)C3)cs2)cc1. The zero-order valence-corrected chi connectivity index (χ0v) is 15.8. The number of carbonyl (C=O) groups excluding carboxylic acids is 2. The summed E-state index contributed by atoms with van der Waals surface area (Å²) < 4.78 is 5.45. The van der Waals surface area contributed by atoms with Gasteiger partial charge in [0.05, 0.1) is 6.61 Å². The van der Waals surface area contributed by atoms with E-state index in [2.05, 4.69) is 10.3 Å². The van der Waals surface area contributed by atoms with Crippen molar-refractivity contribution in [3.8, 4) is 16.3 Å². The predicted octanol–water partition coefficient (Wildman–Crippen LogP) is 2.95. The summed E-state index contributed by atoms with van der Waals surface area (Å²) in [5.41, 5.74) is 1.43. The van der Waals surface area contributed by atoms with Crippen molar-refractivity contribution in [1.82, 2.24) is 15.2 Å². The molecule has 0 radical (unpaired) electrons. The lowest BCUT2D eigenvalue weighted by Gasteiger charge is -2.32. The molecule has 138 valence electrons. The number of likely N-dealkylation sites (tertiary alicyclic amines) is 1. The fraction of sp³-hybridized carbons (Fsp3) is 0.421. The number of aromatic nitrogens is 1. The van der Waals surface area contributed by atoms with Gasteiger partial charge >= 0.3 is 0 Å². The van der Waals surface area contributed by atoms with Crippen LogP contribution in [0, 0.1) is 0 Å². The fourth-order valence-corrected chi connectivity index (χ4v) is 3.89. The third-order valence-electron chi connectivity index (χ3n) is 4.25. The van der Waals surface area contributed by atoms with Gasteiger partial charge < -0.3 is 15.0 Å². The van der Waals surface area contributed by atoms with Crippen molar-refractivity contribution in [2.24, 2.45) is 0 Å². The number of hydrogen-bond donors (Lipinski definition) is 1. The van der Waals surface area contributed by atoms with E-state index in [-0.39, 0.29) is 17.9 Å². The van der Waals surface area contributed by atoms with Gasteiger partial charge in [-0.25, -0.2) is 4.98 Å². The van der Waals surface area contributed by atoms with Gasteiger partial charge in [0.2, 0.25) is 5.91 Å². The van der Waals surface area contributed by atoms with E-state index in [1.807, 2.05) is 31.2 Å². The van der Waals surface area contributed by atoms with Crippen molar-refractivity contribution in [2.75, 3.05) is 19.7 Å². The Morgan fingerprint density at radius 3 is 2.81 bits per heavy atom. The number of carbonyl (C=O) groups is 2. The Labute approximate surface area is 157 Å². The van der Waals surface area contributed by atoms with Gasteiger partial charge in [-0.15, -0.1) is 11.3 Å². The molecule has 0 spiro atoms. The first kappa shape index (κ1) is 18.4. The van der Waals surface area contributed by atoms with Crippen molar-refractivity contribution in [2.45, 2.75) is 32.7 Å². The van der Waals surface area contributed by atoms with Crippen LogP contribution in [-0.4, -0.2) is 47.4 Å². The Morgan fingerprint density at radius 1 is 1.35 bits per heavy atom. The van der Waals surface area contributed by atoms with Crippen LogP contribution in [-0.2, 0) is 4.79 Å². The Bertz CT molecular complexity index is 773. The Kier molecular flexibility index (Phi) is 5.88. The summed E-state index contributed by atoms with van der Waals surface area (Å²) in [5, 5.41) is 5.52. The van der Waals surface area contributed by atoms with E-state index in [1.54, 1.807) is 10.3 Å². The molecule has 0 bridgehead atoms. The van der Waals surface area contributed by atoms with Gasteiger partial charge in [-0.05, 0) is 44.0 Å². The lowest BCUT2D eigenvalue weighted by Crippen LogP contribution is -2.49. The molecule has 6 nitrogen and oxygen atoms in total. The molecule has 1 aromatic carbocycles. The van der Waals surface area contributed by atoms with Crippen LogP contribution in [0.25, 0.3) is 10.6 Å². The zero-order chi connectivity index (χ0) is 18.5. The van der Waals surface area contributed by atoms with Crippen LogP contribution in [0.4, 0.5) is 0 Å². The molecule has 1 aliphatic rings. The Balaban J connectivity index is 1.68. The van der Waals surface area contributed by atoms with Gasteiger partial charge in [0, 0.05) is 37.0 Å². The quantitative estimate of drug-likeness (QED) is 0.875. The molecular weight excluding hydrogens is 350 g/mol. The molecule has 1 fully saturated rings. The molecule has 3 rings (SSSR count). The first-order valence-corrected chi connectivity index (χ1v) is 9.70. The highest BCUT2D eigenvalue weighted by molar-refractivity contribution is 7.13. The summed E-state index contributed by atoms with van der Waals surface area (Å²) in [6, 6.07) is 7.74. The average Bonchev–Trinajstić information content (AvgIpc) is 3.12. The molecule has 26 heavy (non-hydrogen) atoms. The number of ether oxygens (including phenoxy) is 1. The molecule has 1 saturated heterocycles. The Morgan fingerprint density at radius 2 is 2.12 bits per heavy atom. The van der Waals surface area contributed by atoms with Gasteiger partial charge in [0.25, 0.3) is 5.91 Å². The second-order valence-electron chi connectivity index (χ2n) is 6.29. The second-order valence-corrected chi connectivity index (χ2v) is 7.14. The molecule has 1 aliphatic heterocycles. The van der Waals surface area contributed by atoms with Crippen LogP contribution >= 0.6 is 11.3 Å². The summed E-state index contributed by atoms with van der Waals surface area (Å²) in [7, 11) is 0. The number of nitrogens with one attached hydrogen (secondary N) is 1. The topological polar surface area (TPSA) is 71.5 Å². The molecule has 1 unspecified atom stereocenters. The van der Waals surface area contributed by atoms with E-state index in [9.17, 15) is 9.59 Å². The molecular formula is C19H23N3O3S. The van der Waals surface area contributed by atoms with E-state index in [0.717, 1.165) is 29.2 Å². The third-order valence-corrected chi connectivity index (χ3v) is 5.14. The maximum absolute atomic E-state index is 12.8. The molecule has 1 atom stereocenters. The van der Waals surface area contributed by atoms with Gasteiger partial charge in [0.1, 0.15) is 16.5 Å². The van der Waals surface area contributed by atoms with Crippen LogP contribution in [0.3, 0.4) is 0 Å². The maximum atomic E-state index is 12.8. The highest BCUT2D eigenvalue weighted by Crippen LogP contribution is 2.26. The standard InChI is InChI=1S/C19H23N3O3S/c1-3-25-16-8-6-14(7-9-16)18-21-17(12-26-18)19(24)22-10-4-5-15(11-22)20-13(2)23/h6-9,12,15H,3-5,10-11H2,1-2H3,(H,20,23). The molecule has 1 N–H and O–H groups in total. The molecule has 0 saturated carbocycles. The van der Waals surface area contributed by atoms with E-state index < -0.39 is 0 Å². The van der Waals surface area contributed by atoms with Gasteiger partial charge in [0.15, 0.2) is 0 Å². The summed E-state index contributed by atoms with van der Waals surface area (Å²) in [4.78, 5) is 30.3. The van der Waals surface area contributed by atoms with Crippen molar-refractivity contribution in [3.63, 3.8) is 0 Å². The van der Waals surface area contributed by atoms with E-state index in [4.69, 9.17) is 4.74 Å². The van der Waals surface area contributed by atoms with E-state index in [1.165, 1.54) is 18.3 Å². The van der Waals surface area contributed by atoms with Crippen molar-refractivity contribution < 1.29 is 14.3 Å². The minimum Gasteiger partial charge on any atom is -0.494 e. The van der Waals surface area contributed by atoms with Crippen LogP contribution in [0.1, 0.15) is 37.2 Å². The largest absolute Gasteiger partial charge is 0.494 e. The predicted molar refractivity (Wildman–Crippen MR) is 101 cm³/mol. The van der Waals surface area contributed by atoms with Crippen LogP contribution in [0.5, 0.6) is 5.75 Å². The summed E-state index contributed by atoms with van der Waals surface area (Å²) in [6.45, 7) is 5.32. The average molecular weight is 373 g/mol. The summed E-state index contributed by atoms with van der Waals surface area (Å²) >= 11 is 1.46. The molecule has 1 aromatic heterocycles. The number of amides is 2. The first-order chi connectivity index (χ1) is 12.6. The zero-order valence-electron chi connectivity index (χ0n) is 15.0. The monoisotopic (exact) mass is 373 g/mol. The number of benzene rings is 1. The highest BCUT2D eigenvalue weighted by atomic mass is 32.1. The van der Waals surface area contributed by atoms with Crippen LogP contribution in [0.15, 0.2) is 29.6 Å². The van der Waals surface area contributed by atoms with E-state index in [0.29, 0.717) is 25.4 Å². The number of hydrogen-bond acceptors (Lipinski definition) is 5.